The van der Waals surface area contributed by atoms with Crippen LogP contribution in [0.25, 0.3) is 0 Å². The van der Waals surface area contributed by atoms with Gasteiger partial charge in [-0.1, -0.05) is 13.0 Å². The lowest BCUT2D eigenvalue weighted by molar-refractivity contribution is -0.137. The topological polar surface area (TPSA) is 29.5 Å². The Morgan fingerprint density at radius 1 is 1.36 bits per heavy atom. The summed E-state index contributed by atoms with van der Waals surface area (Å²) in [6.45, 7) is 7.31. The van der Waals surface area contributed by atoms with Crippen LogP contribution in [0.4, 0.5) is 0 Å². The zero-order valence-corrected chi connectivity index (χ0v) is 8.71. The molecule has 1 aliphatic heterocycles. The molecule has 0 aromatic carbocycles. The van der Waals surface area contributed by atoms with Crippen LogP contribution < -0.4 is 0 Å². The second-order valence-electron chi connectivity index (χ2n) is 3.63. The molecule has 80 valence electrons. The van der Waals surface area contributed by atoms with Crippen molar-refractivity contribution < 1.29 is 9.53 Å². The normalized spacial score (nSPS) is 17.7. The Hall–Kier alpha value is -0.830. The molecule has 0 spiro atoms. The standard InChI is InChI=1S/C11H19NO2/c1-2-11(13)14-10-6-9-12-7-4-3-5-8-12/h2H,1,3-10H2. The van der Waals surface area contributed by atoms with Crippen LogP contribution in [-0.2, 0) is 9.53 Å². The van der Waals surface area contributed by atoms with Crippen LogP contribution >= 0.6 is 0 Å². The van der Waals surface area contributed by atoms with Crippen molar-refractivity contribution in [3.8, 4) is 0 Å². The molecule has 0 aromatic rings. The van der Waals surface area contributed by atoms with Gasteiger partial charge in [-0.3, -0.25) is 0 Å². The molecular formula is C11H19NO2. The summed E-state index contributed by atoms with van der Waals surface area (Å²) in [6, 6.07) is 0. The molecule has 0 atom stereocenters. The zero-order valence-electron chi connectivity index (χ0n) is 8.71. The van der Waals surface area contributed by atoms with E-state index in [0.717, 1.165) is 13.0 Å². The summed E-state index contributed by atoms with van der Waals surface area (Å²) in [5.74, 6) is -0.316. The first-order valence-corrected chi connectivity index (χ1v) is 5.34. The second kappa shape index (κ2) is 6.60. The molecule has 3 nitrogen and oxygen atoms in total. The van der Waals surface area contributed by atoms with Crippen molar-refractivity contribution in [2.75, 3.05) is 26.2 Å². The van der Waals surface area contributed by atoms with Crippen molar-refractivity contribution in [1.29, 1.82) is 0 Å². The summed E-state index contributed by atoms with van der Waals surface area (Å²) in [5.41, 5.74) is 0. The van der Waals surface area contributed by atoms with Gasteiger partial charge in [-0.15, -0.1) is 0 Å². The number of carbonyl (C=O) groups is 1. The van der Waals surface area contributed by atoms with Crippen LogP contribution in [0.2, 0.25) is 0 Å². The van der Waals surface area contributed by atoms with Crippen molar-refractivity contribution in [2.24, 2.45) is 0 Å². The van der Waals surface area contributed by atoms with E-state index in [1.54, 1.807) is 0 Å². The van der Waals surface area contributed by atoms with E-state index >= 15 is 0 Å². The van der Waals surface area contributed by atoms with E-state index in [9.17, 15) is 4.79 Å². The Kier molecular flexibility index (Phi) is 5.30. The fourth-order valence-electron chi connectivity index (χ4n) is 1.70. The Bertz CT molecular complexity index is 186. The number of nitrogens with zero attached hydrogens (tertiary/aromatic N) is 1. The summed E-state index contributed by atoms with van der Waals surface area (Å²) in [6.07, 6.45) is 6.13. The van der Waals surface area contributed by atoms with E-state index in [-0.39, 0.29) is 5.97 Å². The molecule has 0 bridgehead atoms. The molecular weight excluding hydrogens is 178 g/mol. The maximum absolute atomic E-state index is 10.7. The van der Waals surface area contributed by atoms with Crippen LogP contribution in [0, 0.1) is 0 Å². The van der Waals surface area contributed by atoms with Crippen molar-refractivity contribution in [1.82, 2.24) is 4.90 Å². The average Bonchev–Trinajstić information content (AvgIpc) is 2.25. The Labute approximate surface area is 85.7 Å². The molecule has 1 aliphatic rings. The number of piperidine rings is 1. The van der Waals surface area contributed by atoms with Gasteiger partial charge < -0.3 is 9.64 Å². The first kappa shape index (κ1) is 11.2. The summed E-state index contributed by atoms with van der Waals surface area (Å²) in [5, 5.41) is 0. The smallest absolute Gasteiger partial charge is 0.330 e. The first-order chi connectivity index (χ1) is 6.83. The lowest BCUT2D eigenvalue weighted by Gasteiger charge is -2.26. The van der Waals surface area contributed by atoms with Gasteiger partial charge in [0, 0.05) is 12.6 Å². The highest BCUT2D eigenvalue weighted by Gasteiger charge is 2.08. The number of carbonyl (C=O) groups excluding carboxylic acids is 1. The minimum atomic E-state index is -0.316. The number of hydrogen-bond donors (Lipinski definition) is 0. The SMILES string of the molecule is C=CC(=O)OCCCN1CCCCC1. The molecule has 3 heteroatoms. The van der Waals surface area contributed by atoms with Gasteiger partial charge in [0.05, 0.1) is 6.61 Å². The Morgan fingerprint density at radius 3 is 2.71 bits per heavy atom. The van der Waals surface area contributed by atoms with Gasteiger partial charge in [-0.2, -0.15) is 0 Å². The second-order valence-corrected chi connectivity index (χ2v) is 3.63. The van der Waals surface area contributed by atoms with Crippen molar-refractivity contribution in [3.05, 3.63) is 12.7 Å². The fourth-order valence-corrected chi connectivity index (χ4v) is 1.70. The van der Waals surface area contributed by atoms with E-state index in [0.29, 0.717) is 6.61 Å². The average molecular weight is 197 g/mol. The zero-order chi connectivity index (χ0) is 10.2. The van der Waals surface area contributed by atoms with Gasteiger partial charge in [0.2, 0.25) is 0 Å². The number of ether oxygens (including phenoxy) is 1. The van der Waals surface area contributed by atoms with Crippen LogP contribution in [-0.4, -0.2) is 37.1 Å². The Morgan fingerprint density at radius 2 is 2.07 bits per heavy atom. The third-order valence-corrected chi connectivity index (χ3v) is 2.48. The van der Waals surface area contributed by atoms with Gasteiger partial charge in [0.15, 0.2) is 0 Å². The quantitative estimate of drug-likeness (QED) is 0.381. The fraction of sp³-hybridized carbons (Fsp3) is 0.727. The molecule has 0 aromatic heterocycles. The maximum atomic E-state index is 10.7. The first-order valence-electron chi connectivity index (χ1n) is 5.34. The van der Waals surface area contributed by atoms with E-state index in [1.807, 2.05) is 0 Å². The molecule has 0 N–H and O–H groups in total. The van der Waals surface area contributed by atoms with Crippen LogP contribution in [0.1, 0.15) is 25.7 Å². The lowest BCUT2D eigenvalue weighted by atomic mass is 10.1. The minimum Gasteiger partial charge on any atom is -0.462 e. The molecule has 0 unspecified atom stereocenters. The number of hydrogen-bond acceptors (Lipinski definition) is 3. The summed E-state index contributed by atoms with van der Waals surface area (Å²) < 4.78 is 4.90. The minimum absolute atomic E-state index is 0.316. The molecule has 0 aliphatic carbocycles. The molecule has 1 saturated heterocycles. The highest BCUT2D eigenvalue weighted by molar-refractivity contribution is 5.81. The predicted octanol–water partition coefficient (Wildman–Crippen LogP) is 1.59. The van der Waals surface area contributed by atoms with E-state index in [1.165, 1.54) is 38.4 Å². The molecule has 1 heterocycles. The third kappa shape index (κ3) is 4.42. The molecule has 0 saturated carbocycles. The van der Waals surface area contributed by atoms with Crippen molar-refractivity contribution in [2.45, 2.75) is 25.7 Å². The molecule has 0 amide bonds. The summed E-state index contributed by atoms with van der Waals surface area (Å²) >= 11 is 0. The largest absolute Gasteiger partial charge is 0.462 e. The van der Waals surface area contributed by atoms with E-state index < -0.39 is 0 Å². The van der Waals surface area contributed by atoms with Crippen LogP contribution in [0.3, 0.4) is 0 Å². The molecule has 1 fully saturated rings. The van der Waals surface area contributed by atoms with Crippen LogP contribution in [0.5, 0.6) is 0 Å². The molecule has 14 heavy (non-hydrogen) atoms. The van der Waals surface area contributed by atoms with Gasteiger partial charge in [0.1, 0.15) is 0 Å². The molecule has 0 radical (unpaired) electrons. The van der Waals surface area contributed by atoms with Gasteiger partial charge in [0.25, 0.3) is 0 Å². The lowest BCUT2D eigenvalue weighted by Crippen LogP contribution is -2.31. The van der Waals surface area contributed by atoms with E-state index in [2.05, 4.69) is 11.5 Å². The number of esters is 1. The monoisotopic (exact) mass is 197 g/mol. The highest BCUT2D eigenvalue weighted by Crippen LogP contribution is 2.08. The van der Waals surface area contributed by atoms with Crippen molar-refractivity contribution >= 4 is 5.97 Å². The van der Waals surface area contributed by atoms with E-state index in [4.69, 9.17) is 4.74 Å². The van der Waals surface area contributed by atoms with Gasteiger partial charge >= 0.3 is 5.97 Å². The molecule has 1 rings (SSSR count). The predicted molar refractivity (Wildman–Crippen MR) is 56.1 cm³/mol. The Balaban J connectivity index is 1.97. The van der Waals surface area contributed by atoms with Gasteiger partial charge in [-0.25, -0.2) is 4.79 Å². The summed E-state index contributed by atoms with van der Waals surface area (Å²) in [7, 11) is 0. The third-order valence-electron chi connectivity index (χ3n) is 2.48. The number of likely N-dealkylation sites (tertiary alicyclic amines) is 1. The highest BCUT2D eigenvalue weighted by atomic mass is 16.5. The summed E-state index contributed by atoms with van der Waals surface area (Å²) in [4.78, 5) is 13.1. The van der Waals surface area contributed by atoms with Crippen molar-refractivity contribution in [3.63, 3.8) is 0 Å². The van der Waals surface area contributed by atoms with Gasteiger partial charge in [-0.05, 0) is 32.4 Å². The van der Waals surface area contributed by atoms with Crippen LogP contribution in [0.15, 0.2) is 12.7 Å². The number of rotatable bonds is 5. The maximum Gasteiger partial charge on any atom is 0.330 e.